The van der Waals surface area contributed by atoms with Crippen LogP contribution in [0.4, 0.5) is 5.13 Å². The van der Waals surface area contributed by atoms with E-state index in [2.05, 4.69) is 17.2 Å². The molecule has 2 aromatic heterocycles. The summed E-state index contributed by atoms with van der Waals surface area (Å²) < 4.78 is 0. The minimum atomic E-state index is -0.120. The first kappa shape index (κ1) is 20.5. The molecule has 7 heteroatoms. The van der Waals surface area contributed by atoms with Crippen molar-refractivity contribution >= 4 is 39.6 Å². The molecular weight excluding hydrogens is 402 g/mol. The lowest BCUT2D eigenvalue weighted by Crippen LogP contribution is -2.40. The van der Waals surface area contributed by atoms with E-state index < -0.39 is 0 Å². The Morgan fingerprint density at radius 2 is 2.10 bits per heavy atom. The van der Waals surface area contributed by atoms with Gasteiger partial charge in [0, 0.05) is 29.1 Å². The van der Waals surface area contributed by atoms with Gasteiger partial charge in [-0.3, -0.25) is 14.9 Å². The molecule has 5 nitrogen and oxygen atoms in total. The zero-order valence-corrected chi connectivity index (χ0v) is 18.6. The van der Waals surface area contributed by atoms with Crippen LogP contribution >= 0.6 is 22.7 Å². The van der Waals surface area contributed by atoms with Gasteiger partial charge in [0.05, 0.1) is 17.8 Å². The lowest BCUT2D eigenvalue weighted by molar-refractivity contribution is -0.137. The van der Waals surface area contributed by atoms with Crippen LogP contribution in [0.25, 0.3) is 0 Å². The molecule has 29 heavy (non-hydrogen) atoms. The van der Waals surface area contributed by atoms with E-state index in [0.29, 0.717) is 23.1 Å². The molecular formula is C22H29N3O2S2. The maximum Gasteiger partial charge on any atom is 0.258 e. The Bertz CT molecular complexity index is 838. The number of rotatable bonds is 6. The Morgan fingerprint density at radius 1 is 1.28 bits per heavy atom. The number of aromatic nitrogens is 1. The van der Waals surface area contributed by atoms with Crippen molar-refractivity contribution in [2.75, 3.05) is 11.9 Å². The molecule has 1 N–H and O–H groups in total. The molecule has 0 aromatic carbocycles. The van der Waals surface area contributed by atoms with Crippen LogP contribution < -0.4 is 5.32 Å². The number of carbonyl (C=O) groups is 2. The van der Waals surface area contributed by atoms with Crippen LogP contribution in [0.5, 0.6) is 0 Å². The van der Waals surface area contributed by atoms with Gasteiger partial charge >= 0.3 is 0 Å². The van der Waals surface area contributed by atoms with Gasteiger partial charge in [-0.15, -0.1) is 0 Å². The first-order valence-corrected chi connectivity index (χ1v) is 12.5. The Balaban J connectivity index is 1.32. The summed E-state index contributed by atoms with van der Waals surface area (Å²) in [4.78, 5) is 33.0. The molecule has 1 aliphatic heterocycles. The summed E-state index contributed by atoms with van der Waals surface area (Å²) in [5.74, 6) is 1.22. The molecule has 1 saturated carbocycles. The first-order valence-electron chi connectivity index (χ1n) is 10.7. The van der Waals surface area contributed by atoms with E-state index >= 15 is 0 Å². The Hall–Kier alpha value is -1.73. The number of nitrogens with zero attached hydrogens (tertiary/aromatic N) is 2. The van der Waals surface area contributed by atoms with Crippen LogP contribution in [0, 0.1) is 11.8 Å². The van der Waals surface area contributed by atoms with Crippen LogP contribution in [0.2, 0.25) is 0 Å². The third-order valence-corrected chi connectivity index (χ3v) is 7.89. The number of hydrogen-bond acceptors (Lipinski definition) is 5. The molecule has 0 atom stereocenters. The summed E-state index contributed by atoms with van der Waals surface area (Å²) in [6, 6.07) is 1.81. The second-order valence-corrected chi connectivity index (χ2v) is 10.1. The normalized spacial score (nSPS) is 21.6. The van der Waals surface area contributed by atoms with Crippen LogP contribution in [0.3, 0.4) is 0 Å². The molecule has 0 saturated heterocycles. The fourth-order valence-corrected chi connectivity index (χ4v) is 6.10. The van der Waals surface area contributed by atoms with Gasteiger partial charge in [0.2, 0.25) is 5.91 Å². The van der Waals surface area contributed by atoms with Gasteiger partial charge in [-0.1, -0.05) is 37.5 Å². The second-order valence-electron chi connectivity index (χ2n) is 8.22. The molecule has 2 aromatic rings. The SMILES string of the molecule is CCCCC1CCC(C(=O)N2CCc3nc(NC(=O)c4ccsc4)sc3C2)CC1. The Labute approximate surface area is 180 Å². The van der Waals surface area contributed by atoms with Crippen LogP contribution in [0.1, 0.15) is 72.8 Å². The predicted molar refractivity (Wildman–Crippen MR) is 118 cm³/mol. The van der Waals surface area contributed by atoms with Crippen molar-refractivity contribution in [3.05, 3.63) is 33.0 Å². The third-order valence-electron chi connectivity index (χ3n) is 6.21. The minimum absolute atomic E-state index is 0.120. The van der Waals surface area contributed by atoms with E-state index in [1.807, 2.05) is 21.7 Å². The zero-order chi connectivity index (χ0) is 20.2. The van der Waals surface area contributed by atoms with Gasteiger partial charge in [0.15, 0.2) is 5.13 Å². The fourth-order valence-electron chi connectivity index (χ4n) is 4.45. The van der Waals surface area contributed by atoms with E-state index in [0.717, 1.165) is 42.3 Å². The molecule has 0 unspecified atom stereocenters. The summed E-state index contributed by atoms with van der Waals surface area (Å²) in [5, 5.41) is 7.26. The minimum Gasteiger partial charge on any atom is -0.337 e. The highest BCUT2D eigenvalue weighted by Crippen LogP contribution is 2.35. The number of carbonyl (C=O) groups excluding carboxylic acids is 2. The maximum absolute atomic E-state index is 13.1. The number of hydrogen-bond donors (Lipinski definition) is 1. The fraction of sp³-hybridized carbons (Fsp3) is 0.591. The molecule has 1 aliphatic carbocycles. The summed E-state index contributed by atoms with van der Waals surface area (Å²) in [5.41, 5.74) is 1.69. The number of nitrogens with one attached hydrogen (secondary N) is 1. The van der Waals surface area contributed by atoms with Gasteiger partial charge in [-0.2, -0.15) is 11.3 Å². The average molecular weight is 432 g/mol. The molecule has 2 amide bonds. The summed E-state index contributed by atoms with van der Waals surface area (Å²) in [6.07, 6.45) is 9.17. The maximum atomic E-state index is 13.1. The number of anilines is 1. The zero-order valence-electron chi connectivity index (χ0n) is 17.0. The summed E-state index contributed by atoms with van der Waals surface area (Å²) >= 11 is 3.01. The van der Waals surface area contributed by atoms with E-state index in [4.69, 9.17) is 0 Å². The van der Waals surface area contributed by atoms with Gasteiger partial charge in [-0.25, -0.2) is 4.98 Å². The molecule has 1 fully saturated rings. The van der Waals surface area contributed by atoms with Crippen molar-refractivity contribution < 1.29 is 9.59 Å². The first-order chi connectivity index (χ1) is 14.1. The lowest BCUT2D eigenvalue weighted by atomic mass is 9.79. The Morgan fingerprint density at radius 3 is 2.83 bits per heavy atom. The highest BCUT2D eigenvalue weighted by Gasteiger charge is 2.32. The largest absolute Gasteiger partial charge is 0.337 e. The van der Waals surface area contributed by atoms with Crippen molar-refractivity contribution in [3.63, 3.8) is 0 Å². The van der Waals surface area contributed by atoms with Crippen molar-refractivity contribution in [1.29, 1.82) is 0 Å². The van der Waals surface area contributed by atoms with E-state index in [-0.39, 0.29) is 11.8 Å². The summed E-state index contributed by atoms with van der Waals surface area (Å²) in [7, 11) is 0. The van der Waals surface area contributed by atoms with Crippen molar-refractivity contribution in [3.8, 4) is 0 Å². The van der Waals surface area contributed by atoms with Gasteiger partial charge < -0.3 is 4.90 Å². The van der Waals surface area contributed by atoms with Crippen molar-refractivity contribution in [2.45, 2.75) is 64.8 Å². The number of thiazole rings is 1. The van der Waals surface area contributed by atoms with Crippen LogP contribution in [-0.2, 0) is 17.8 Å². The summed E-state index contributed by atoms with van der Waals surface area (Å²) in [6.45, 7) is 3.62. The average Bonchev–Trinajstić information content (AvgIpc) is 3.41. The highest BCUT2D eigenvalue weighted by atomic mass is 32.1. The van der Waals surface area contributed by atoms with Crippen molar-refractivity contribution in [1.82, 2.24) is 9.88 Å². The van der Waals surface area contributed by atoms with Crippen LogP contribution in [-0.4, -0.2) is 28.2 Å². The van der Waals surface area contributed by atoms with Gasteiger partial charge in [0.25, 0.3) is 5.91 Å². The molecule has 0 radical (unpaired) electrons. The van der Waals surface area contributed by atoms with Crippen LogP contribution in [0.15, 0.2) is 16.8 Å². The molecule has 2 aliphatic rings. The lowest BCUT2D eigenvalue weighted by Gasteiger charge is -2.33. The predicted octanol–water partition coefficient (Wildman–Crippen LogP) is 5.34. The van der Waals surface area contributed by atoms with Crippen molar-refractivity contribution in [2.24, 2.45) is 11.8 Å². The molecule has 4 rings (SSSR count). The molecule has 3 heterocycles. The van der Waals surface area contributed by atoms with Gasteiger partial charge in [-0.05, 0) is 43.0 Å². The topological polar surface area (TPSA) is 62.3 Å². The quantitative estimate of drug-likeness (QED) is 0.672. The third kappa shape index (κ3) is 4.89. The number of amides is 2. The Kier molecular flexibility index (Phi) is 6.65. The molecule has 156 valence electrons. The standard InChI is InChI=1S/C22H29N3O2S2/c1-2-3-4-15-5-7-16(8-6-15)21(27)25-11-9-18-19(13-25)29-22(23-18)24-20(26)17-10-12-28-14-17/h10,12,14-16H,2-9,11,13H2,1H3,(H,23,24,26). The number of unbranched alkanes of at least 4 members (excludes halogenated alkanes) is 1. The molecule has 0 spiro atoms. The van der Waals surface area contributed by atoms with Gasteiger partial charge in [0.1, 0.15) is 0 Å². The smallest absolute Gasteiger partial charge is 0.258 e. The van der Waals surface area contributed by atoms with E-state index in [9.17, 15) is 9.59 Å². The highest BCUT2D eigenvalue weighted by molar-refractivity contribution is 7.16. The number of thiophene rings is 1. The number of fused-ring (bicyclic) bond motifs is 1. The van der Waals surface area contributed by atoms with E-state index in [1.165, 1.54) is 54.8 Å². The second kappa shape index (κ2) is 9.39. The van der Waals surface area contributed by atoms with E-state index in [1.54, 1.807) is 0 Å². The molecule has 0 bridgehead atoms. The monoisotopic (exact) mass is 431 g/mol.